The Morgan fingerprint density at radius 1 is 1.26 bits per heavy atom. The van der Waals surface area contributed by atoms with Crippen LogP contribution in [0.25, 0.3) is 0 Å². The summed E-state index contributed by atoms with van der Waals surface area (Å²) in [5.74, 6) is 7.40. The van der Waals surface area contributed by atoms with Crippen molar-refractivity contribution in [3.8, 4) is 17.7 Å². The molecule has 4 rings (SSSR count). The molecule has 2 aliphatic rings. The van der Waals surface area contributed by atoms with Crippen LogP contribution in [-0.2, 0) is 0 Å². The van der Waals surface area contributed by atoms with Crippen LogP contribution in [0.15, 0.2) is 24.3 Å². The van der Waals surface area contributed by atoms with E-state index < -0.39 is 0 Å². The van der Waals surface area contributed by atoms with Crippen LogP contribution in [0.1, 0.15) is 23.6 Å². The Morgan fingerprint density at radius 3 is 2.87 bits per heavy atom. The van der Waals surface area contributed by atoms with Gasteiger partial charge in [0.05, 0.1) is 11.7 Å². The number of piperidine rings is 1. The Morgan fingerprint density at radius 2 is 2.13 bits per heavy atom. The van der Waals surface area contributed by atoms with Crippen molar-refractivity contribution in [3.63, 3.8) is 0 Å². The number of rotatable bonds is 3. The summed E-state index contributed by atoms with van der Waals surface area (Å²) < 4.78 is 27.3. The van der Waals surface area contributed by atoms with Gasteiger partial charge in [-0.3, -0.25) is 0 Å². The first-order valence-corrected chi connectivity index (χ1v) is 8.44. The van der Waals surface area contributed by atoms with Gasteiger partial charge in [-0.1, -0.05) is 11.8 Å². The van der Waals surface area contributed by atoms with Gasteiger partial charge in [0.15, 0.2) is 6.61 Å². The quantitative estimate of drug-likeness (QED) is 0.811. The number of hydrogen-bond donors (Lipinski definition) is 0. The number of fused-ring (bicyclic) bond motifs is 2. The van der Waals surface area contributed by atoms with E-state index >= 15 is 0 Å². The van der Waals surface area contributed by atoms with Crippen molar-refractivity contribution in [1.82, 2.24) is 13.6 Å². The largest absolute Gasteiger partial charge is 0.463 e. The van der Waals surface area contributed by atoms with Crippen molar-refractivity contribution in [3.05, 3.63) is 41.3 Å². The van der Waals surface area contributed by atoms with E-state index in [9.17, 15) is 4.39 Å². The number of hydrogen-bond acceptors (Lipinski definition) is 5. The molecule has 0 saturated carbocycles. The lowest BCUT2D eigenvalue weighted by Crippen LogP contribution is -2.22. The Hall–Kier alpha value is -1.97. The molecule has 2 fully saturated rings. The van der Waals surface area contributed by atoms with E-state index in [4.69, 9.17) is 4.74 Å². The van der Waals surface area contributed by atoms with E-state index in [1.807, 2.05) is 0 Å². The normalized spacial score (nSPS) is 25.2. The van der Waals surface area contributed by atoms with Gasteiger partial charge in [0.1, 0.15) is 11.5 Å². The van der Waals surface area contributed by atoms with Gasteiger partial charge in [0.2, 0.25) is 5.88 Å². The van der Waals surface area contributed by atoms with Crippen LogP contribution in [-0.4, -0.2) is 39.9 Å². The second-order valence-corrected chi connectivity index (χ2v) is 6.50. The zero-order chi connectivity index (χ0) is 15.6. The molecule has 2 aromatic rings. The van der Waals surface area contributed by atoms with Crippen LogP contribution in [0.5, 0.6) is 5.88 Å². The average molecular weight is 329 g/mol. The molecule has 0 N–H and O–H groups in total. The third-order valence-corrected chi connectivity index (χ3v) is 5.05. The number of aromatic nitrogens is 2. The predicted octanol–water partition coefficient (Wildman–Crippen LogP) is 2.53. The van der Waals surface area contributed by atoms with Crippen LogP contribution in [0.2, 0.25) is 0 Å². The van der Waals surface area contributed by atoms with Crippen LogP contribution >= 0.6 is 11.7 Å². The maximum Gasteiger partial charge on any atom is 0.250 e. The fraction of sp³-hybridized carbons (Fsp3) is 0.412. The molecule has 118 valence electrons. The standard InChI is InChI=1S/C17H16FN3OS/c18-14-5-3-12(4-6-14)2-1-9-22-17-16(19-23-20-17)15-11-21-8-7-13(15)10-21/h3-6,13,15H,7-11H2. The minimum atomic E-state index is -0.258. The molecular weight excluding hydrogens is 313 g/mol. The zero-order valence-corrected chi connectivity index (χ0v) is 13.4. The molecule has 2 saturated heterocycles. The fourth-order valence-electron chi connectivity index (χ4n) is 3.38. The Bertz CT molecular complexity index is 749. The fourth-order valence-corrected chi connectivity index (χ4v) is 3.95. The second kappa shape index (κ2) is 6.26. The maximum absolute atomic E-state index is 12.8. The molecule has 3 unspecified atom stereocenters. The number of halogens is 1. The number of nitrogens with zero attached hydrogens (tertiary/aromatic N) is 3. The van der Waals surface area contributed by atoms with Gasteiger partial charge < -0.3 is 9.64 Å². The first-order valence-electron chi connectivity index (χ1n) is 7.71. The van der Waals surface area contributed by atoms with Crippen molar-refractivity contribution in [2.45, 2.75) is 12.3 Å². The molecule has 0 aliphatic carbocycles. The third-order valence-electron chi connectivity index (χ3n) is 4.52. The van der Waals surface area contributed by atoms with Crippen molar-refractivity contribution in [1.29, 1.82) is 0 Å². The Balaban J connectivity index is 1.39. The van der Waals surface area contributed by atoms with Crippen LogP contribution < -0.4 is 4.74 Å². The van der Waals surface area contributed by atoms with Crippen molar-refractivity contribution < 1.29 is 9.13 Å². The van der Waals surface area contributed by atoms with Gasteiger partial charge >= 0.3 is 0 Å². The highest BCUT2D eigenvalue weighted by Crippen LogP contribution is 2.41. The molecule has 1 aromatic heterocycles. The van der Waals surface area contributed by atoms with Gasteiger partial charge in [-0.15, -0.1) is 4.37 Å². The topological polar surface area (TPSA) is 38.3 Å². The van der Waals surface area contributed by atoms with E-state index in [2.05, 4.69) is 25.5 Å². The minimum Gasteiger partial charge on any atom is -0.463 e. The summed E-state index contributed by atoms with van der Waals surface area (Å²) in [4.78, 5) is 2.48. The highest BCUT2D eigenvalue weighted by Gasteiger charge is 2.41. The average Bonchev–Trinajstić information content (AvgIpc) is 3.29. The molecule has 2 bridgehead atoms. The van der Waals surface area contributed by atoms with Gasteiger partial charge in [0.25, 0.3) is 0 Å². The second-order valence-electron chi connectivity index (χ2n) is 5.97. The van der Waals surface area contributed by atoms with Crippen molar-refractivity contribution in [2.24, 2.45) is 5.92 Å². The van der Waals surface area contributed by atoms with E-state index in [-0.39, 0.29) is 12.4 Å². The molecule has 3 heterocycles. The van der Waals surface area contributed by atoms with Crippen molar-refractivity contribution >= 4 is 11.7 Å². The predicted molar refractivity (Wildman–Crippen MR) is 86.0 cm³/mol. The van der Waals surface area contributed by atoms with E-state index in [0.717, 1.165) is 17.8 Å². The first kappa shape index (κ1) is 14.6. The lowest BCUT2D eigenvalue weighted by molar-refractivity contribution is 0.323. The van der Waals surface area contributed by atoms with Crippen LogP contribution in [0.4, 0.5) is 4.39 Å². The molecule has 0 amide bonds. The summed E-state index contributed by atoms with van der Waals surface area (Å²) >= 11 is 1.20. The molecule has 0 spiro atoms. The zero-order valence-electron chi connectivity index (χ0n) is 12.5. The molecule has 4 nitrogen and oxygen atoms in total. The molecular formula is C17H16FN3OS. The van der Waals surface area contributed by atoms with E-state index in [1.165, 1.54) is 43.4 Å². The Kier molecular flexibility index (Phi) is 3.98. The van der Waals surface area contributed by atoms with E-state index in [1.54, 1.807) is 12.1 Å². The van der Waals surface area contributed by atoms with Crippen molar-refractivity contribution in [2.75, 3.05) is 26.2 Å². The molecule has 6 heteroatoms. The van der Waals surface area contributed by atoms with Crippen LogP contribution in [0.3, 0.4) is 0 Å². The number of ether oxygens (including phenoxy) is 1. The molecule has 2 aliphatic heterocycles. The minimum absolute atomic E-state index is 0.258. The summed E-state index contributed by atoms with van der Waals surface area (Å²) in [5, 5.41) is 0. The molecule has 23 heavy (non-hydrogen) atoms. The van der Waals surface area contributed by atoms with E-state index in [0.29, 0.717) is 17.7 Å². The molecule has 3 atom stereocenters. The maximum atomic E-state index is 12.8. The highest BCUT2D eigenvalue weighted by molar-refractivity contribution is 6.99. The summed E-state index contributed by atoms with van der Waals surface area (Å²) in [6, 6.07) is 6.11. The molecule has 1 aromatic carbocycles. The summed E-state index contributed by atoms with van der Waals surface area (Å²) in [6.45, 7) is 3.70. The Labute approximate surface area is 138 Å². The lowest BCUT2D eigenvalue weighted by atomic mass is 9.90. The monoisotopic (exact) mass is 329 g/mol. The lowest BCUT2D eigenvalue weighted by Gasteiger charge is -2.20. The smallest absolute Gasteiger partial charge is 0.250 e. The van der Waals surface area contributed by atoms with Crippen LogP contribution in [0, 0.1) is 23.6 Å². The van der Waals surface area contributed by atoms with Gasteiger partial charge in [0, 0.05) is 24.6 Å². The summed E-state index contributed by atoms with van der Waals surface area (Å²) in [6.07, 6.45) is 1.24. The molecule has 0 radical (unpaired) electrons. The summed E-state index contributed by atoms with van der Waals surface area (Å²) in [5.41, 5.74) is 1.76. The van der Waals surface area contributed by atoms with Gasteiger partial charge in [-0.05, 0) is 43.1 Å². The first-order chi connectivity index (χ1) is 11.3. The van der Waals surface area contributed by atoms with Gasteiger partial charge in [-0.25, -0.2) is 4.39 Å². The number of benzene rings is 1. The highest BCUT2D eigenvalue weighted by atomic mass is 32.1. The van der Waals surface area contributed by atoms with Gasteiger partial charge in [-0.2, -0.15) is 4.37 Å². The summed E-state index contributed by atoms with van der Waals surface area (Å²) in [7, 11) is 0. The third kappa shape index (κ3) is 3.07. The SMILES string of the molecule is Fc1ccc(C#CCOc2nsnc2C2CN3CCC2C3)cc1.